The number of nitrogens with one attached hydrogen (secondary N) is 2. The number of nitrogens with zero attached hydrogens (tertiary/aromatic N) is 1. The molecule has 0 saturated heterocycles. The van der Waals surface area contributed by atoms with Crippen LogP contribution in [0.15, 0.2) is 53.8 Å². The molecule has 2 aromatic rings. The van der Waals surface area contributed by atoms with Crippen molar-refractivity contribution in [2.45, 2.75) is 6.42 Å². The van der Waals surface area contributed by atoms with Gasteiger partial charge in [0.1, 0.15) is 0 Å². The van der Waals surface area contributed by atoms with Crippen LogP contribution in [0.4, 0.5) is 5.69 Å². The van der Waals surface area contributed by atoms with E-state index in [0.29, 0.717) is 5.02 Å². The summed E-state index contributed by atoms with van der Waals surface area (Å²) in [6, 6.07) is 7.81. The van der Waals surface area contributed by atoms with E-state index in [-0.39, 0.29) is 0 Å². The molecule has 3 rings (SSSR count). The third kappa shape index (κ3) is 3.09. The molecule has 1 aliphatic rings. The first-order valence-electron chi connectivity index (χ1n) is 7.08. The molecule has 108 valence electrons. The minimum Gasteiger partial charge on any atom is -0.380 e. The molecule has 0 aliphatic heterocycles. The number of pyridine rings is 1. The second-order valence-electron chi connectivity index (χ2n) is 5.14. The van der Waals surface area contributed by atoms with Gasteiger partial charge in [-0.3, -0.25) is 4.98 Å². The summed E-state index contributed by atoms with van der Waals surface area (Å²) in [7, 11) is 1.98. The highest BCUT2D eigenvalue weighted by atomic mass is 35.5. The van der Waals surface area contributed by atoms with Crippen molar-refractivity contribution in [2.24, 2.45) is 0 Å². The summed E-state index contributed by atoms with van der Waals surface area (Å²) in [5.74, 6) is 0. The number of hydrogen-bond acceptors (Lipinski definition) is 3. The molecule has 0 fully saturated rings. The maximum atomic E-state index is 6.02. The van der Waals surface area contributed by atoms with Crippen molar-refractivity contribution < 1.29 is 0 Å². The van der Waals surface area contributed by atoms with Gasteiger partial charge in [0.25, 0.3) is 0 Å². The summed E-state index contributed by atoms with van der Waals surface area (Å²) >= 11 is 6.02. The van der Waals surface area contributed by atoms with Gasteiger partial charge in [-0.05, 0) is 48.9 Å². The quantitative estimate of drug-likeness (QED) is 0.882. The van der Waals surface area contributed by atoms with E-state index in [1.54, 1.807) is 0 Å². The maximum Gasteiger partial charge on any atom is 0.0737 e. The SMILES string of the molecule is CNCC1=C(CNc2ccnc3cc(Cl)ccc23)C=CC1. The molecule has 0 unspecified atom stereocenters. The summed E-state index contributed by atoms with van der Waals surface area (Å²) in [4.78, 5) is 4.37. The minimum absolute atomic E-state index is 0.713. The highest BCUT2D eigenvalue weighted by molar-refractivity contribution is 6.31. The molecular weight excluding hydrogens is 282 g/mol. The molecule has 2 N–H and O–H groups in total. The number of rotatable bonds is 5. The number of aromatic nitrogens is 1. The Labute approximate surface area is 129 Å². The van der Waals surface area contributed by atoms with Crippen molar-refractivity contribution in [3.8, 4) is 0 Å². The summed E-state index contributed by atoms with van der Waals surface area (Å²) < 4.78 is 0. The van der Waals surface area contributed by atoms with Crippen LogP contribution in [0.2, 0.25) is 5.02 Å². The van der Waals surface area contributed by atoms with Crippen LogP contribution in [0.3, 0.4) is 0 Å². The van der Waals surface area contributed by atoms with E-state index < -0.39 is 0 Å². The first-order valence-corrected chi connectivity index (χ1v) is 7.46. The van der Waals surface area contributed by atoms with Crippen LogP contribution < -0.4 is 10.6 Å². The molecule has 0 spiro atoms. The van der Waals surface area contributed by atoms with Crippen molar-refractivity contribution >= 4 is 28.2 Å². The number of hydrogen-bond donors (Lipinski definition) is 2. The van der Waals surface area contributed by atoms with Crippen molar-refractivity contribution in [2.75, 3.05) is 25.5 Å². The van der Waals surface area contributed by atoms with Crippen LogP contribution in [-0.2, 0) is 0 Å². The number of halogens is 1. The summed E-state index contributed by atoms with van der Waals surface area (Å²) in [5, 5.41) is 8.55. The highest BCUT2D eigenvalue weighted by Crippen LogP contribution is 2.25. The van der Waals surface area contributed by atoms with Crippen LogP contribution in [0.5, 0.6) is 0 Å². The lowest BCUT2D eigenvalue weighted by atomic mass is 10.1. The smallest absolute Gasteiger partial charge is 0.0737 e. The Bertz CT molecular complexity index is 719. The Hall–Kier alpha value is -1.84. The van der Waals surface area contributed by atoms with E-state index in [4.69, 9.17) is 11.6 Å². The fourth-order valence-corrected chi connectivity index (χ4v) is 2.81. The zero-order chi connectivity index (χ0) is 14.7. The summed E-state index contributed by atoms with van der Waals surface area (Å²) in [5.41, 5.74) is 4.82. The molecule has 0 amide bonds. The molecule has 0 saturated carbocycles. The molecule has 4 heteroatoms. The van der Waals surface area contributed by atoms with Gasteiger partial charge in [0.05, 0.1) is 5.52 Å². The van der Waals surface area contributed by atoms with Crippen molar-refractivity contribution in [3.05, 3.63) is 58.8 Å². The van der Waals surface area contributed by atoms with E-state index in [0.717, 1.165) is 36.1 Å². The zero-order valence-corrected chi connectivity index (χ0v) is 12.7. The molecule has 0 bridgehead atoms. The third-order valence-corrected chi connectivity index (χ3v) is 3.94. The Morgan fingerprint density at radius 2 is 2.14 bits per heavy atom. The highest BCUT2D eigenvalue weighted by Gasteiger charge is 2.09. The van der Waals surface area contributed by atoms with Crippen LogP contribution >= 0.6 is 11.6 Å². The Morgan fingerprint density at radius 3 is 3.00 bits per heavy atom. The van der Waals surface area contributed by atoms with E-state index in [1.165, 1.54) is 11.1 Å². The molecular formula is C17H18ClN3. The first-order chi connectivity index (χ1) is 10.3. The normalized spacial score (nSPS) is 14.2. The predicted molar refractivity (Wildman–Crippen MR) is 90.0 cm³/mol. The average molecular weight is 300 g/mol. The van der Waals surface area contributed by atoms with Gasteiger partial charge in [-0.2, -0.15) is 0 Å². The zero-order valence-electron chi connectivity index (χ0n) is 12.0. The Morgan fingerprint density at radius 1 is 1.24 bits per heavy atom. The lowest BCUT2D eigenvalue weighted by molar-refractivity contribution is 0.858. The van der Waals surface area contributed by atoms with Crippen LogP contribution in [0.1, 0.15) is 6.42 Å². The number of benzene rings is 1. The van der Waals surface area contributed by atoms with Crippen LogP contribution in [-0.4, -0.2) is 25.1 Å². The Kier molecular flexibility index (Phi) is 4.23. The summed E-state index contributed by atoms with van der Waals surface area (Å²) in [6.45, 7) is 1.77. The van der Waals surface area contributed by atoms with Crippen molar-refractivity contribution in [3.63, 3.8) is 0 Å². The topological polar surface area (TPSA) is 37.0 Å². The number of likely N-dealkylation sites (N-methyl/N-ethyl adjacent to an activating group) is 1. The number of allylic oxidation sites excluding steroid dienone is 1. The number of fused-ring (bicyclic) bond motifs is 1. The van der Waals surface area contributed by atoms with Crippen molar-refractivity contribution in [1.82, 2.24) is 10.3 Å². The lowest BCUT2D eigenvalue weighted by Gasteiger charge is -2.12. The molecule has 1 aromatic carbocycles. The minimum atomic E-state index is 0.713. The van der Waals surface area contributed by atoms with Gasteiger partial charge in [0, 0.05) is 35.4 Å². The van der Waals surface area contributed by atoms with E-state index in [9.17, 15) is 0 Å². The monoisotopic (exact) mass is 299 g/mol. The molecule has 0 atom stereocenters. The summed E-state index contributed by atoms with van der Waals surface area (Å²) in [6.07, 6.45) is 7.28. The van der Waals surface area contributed by atoms with E-state index >= 15 is 0 Å². The molecule has 1 heterocycles. The van der Waals surface area contributed by atoms with Crippen LogP contribution in [0.25, 0.3) is 10.9 Å². The van der Waals surface area contributed by atoms with Gasteiger partial charge < -0.3 is 10.6 Å². The Balaban J connectivity index is 1.82. The van der Waals surface area contributed by atoms with Gasteiger partial charge in [-0.25, -0.2) is 0 Å². The second-order valence-corrected chi connectivity index (χ2v) is 5.58. The average Bonchev–Trinajstić information content (AvgIpc) is 2.92. The van der Waals surface area contributed by atoms with Crippen molar-refractivity contribution in [1.29, 1.82) is 0 Å². The number of anilines is 1. The van der Waals surface area contributed by atoms with Gasteiger partial charge in [0.2, 0.25) is 0 Å². The molecule has 21 heavy (non-hydrogen) atoms. The largest absolute Gasteiger partial charge is 0.380 e. The third-order valence-electron chi connectivity index (χ3n) is 3.70. The standard InChI is InChI=1S/C17H18ClN3/c1-19-10-12-3-2-4-13(12)11-21-16-7-8-20-17-9-14(18)5-6-15(16)17/h2,4-9,19H,3,10-11H2,1H3,(H,20,21). The fourth-order valence-electron chi connectivity index (χ4n) is 2.64. The van der Waals surface area contributed by atoms with Gasteiger partial charge in [-0.15, -0.1) is 0 Å². The van der Waals surface area contributed by atoms with Gasteiger partial charge in [-0.1, -0.05) is 23.8 Å². The first kappa shape index (κ1) is 14.1. The molecule has 0 radical (unpaired) electrons. The molecule has 3 nitrogen and oxygen atoms in total. The van der Waals surface area contributed by atoms with E-state index in [2.05, 4.69) is 27.8 Å². The lowest BCUT2D eigenvalue weighted by Crippen LogP contribution is -2.13. The van der Waals surface area contributed by atoms with Gasteiger partial charge >= 0.3 is 0 Å². The maximum absolute atomic E-state index is 6.02. The predicted octanol–water partition coefficient (Wildman–Crippen LogP) is 3.78. The van der Waals surface area contributed by atoms with Gasteiger partial charge in [0.15, 0.2) is 0 Å². The second kappa shape index (κ2) is 6.29. The molecule has 1 aliphatic carbocycles. The fraction of sp³-hybridized carbons (Fsp3) is 0.235. The van der Waals surface area contributed by atoms with E-state index in [1.807, 2.05) is 37.5 Å². The van der Waals surface area contributed by atoms with Crippen LogP contribution in [0, 0.1) is 0 Å². The molecule has 1 aromatic heterocycles.